The molecule has 2 nitrogen and oxygen atoms in total. The molecule has 4 heteroatoms. The minimum absolute atomic E-state index is 0.366. The molecule has 1 N–H and O–H groups in total. The summed E-state index contributed by atoms with van der Waals surface area (Å²) in [4.78, 5) is 0. The summed E-state index contributed by atoms with van der Waals surface area (Å²) in [5.74, 6) is 0.903. The predicted molar refractivity (Wildman–Crippen MR) is 94.5 cm³/mol. The van der Waals surface area contributed by atoms with Crippen LogP contribution in [0.1, 0.15) is 23.6 Å². The molecule has 0 aliphatic carbocycles. The highest BCUT2D eigenvalue weighted by Gasteiger charge is 2.21. The third kappa shape index (κ3) is 2.81. The molecule has 2 aromatic carbocycles. The van der Waals surface area contributed by atoms with E-state index in [1.165, 1.54) is 20.4 Å². The molecular formula is C16H15BrINO. The Bertz CT molecular complexity index is 627. The van der Waals surface area contributed by atoms with Gasteiger partial charge in [-0.05, 0) is 86.8 Å². The standard InChI is InChI=1S/C16H15BrINO/c1-20-13-5-2-10(3-6-13)15-7-4-11-8-12(18)9-14(17)16(11)19-15/h2-3,5-6,8-9,15,19H,4,7H2,1H3. The Morgan fingerprint density at radius 3 is 2.70 bits per heavy atom. The van der Waals surface area contributed by atoms with Crippen molar-refractivity contribution in [1.82, 2.24) is 0 Å². The number of aryl methyl sites for hydroxylation is 1. The molecule has 3 rings (SSSR count). The van der Waals surface area contributed by atoms with E-state index in [2.05, 4.69) is 68.1 Å². The molecule has 0 fully saturated rings. The molecule has 0 aromatic heterocycles. The first-order valence-electron chi connectivity index (χ1n) is 6.56. The van der Waals surface area contributed by atoms with Crippen LogP contribution < -0.4 is 10.1 Å². The third-order valence-electron chi connectivity index (χ3n) is 3.68. The van der Waals surface area contributed by atoms with E-state index in [1.807, 2.05) is 12.1 Å². The Balaban J connectivity index is 1.87. The summed E-state index contributed by atoms with van der Waals surface area (Å²) in [6.45, 7) is 0. The normalized spacial score (nSPS) is 17.2. The number of nitrogens with one attached hydrogen (secondary N) is 1. The molecule has 0 radical (unpaired) electrons. The minimum atomic E-state index is 0.366. The van der Waals surface area contributed by atoms with Gasteiger partial charge in [-0.15, -0.1) is 0 Å². The van der Waals surface area contributed by atoms with Gasteiger partial charge in [-0.2, -0.15) is 0 Å². The summed E-state index contributed by atoms with van der Waals surface area (Å²) in [5.41, 5.74) is 3.94. The molecule has 0 amide bonds. The molecule has 1 heterocycles. The van der Waals surface area contributed by atoms with Gasteiger partial charge in [0.05, 0.1) is 18.8 Å². The first-order chi connectivity index (χ1) is 9.67. The maximum Gasteiger partial charge on any atom is 0.118 e. The Morgan fingerprint density at radius 1 is 1.25 bits per heavy atom. The van der Waals surface area contributed by atoms with Crippen molar-refractivity contribution in [1.29, 1.82) is 0 Å². The Labute approximate surface area is 141 Å². The molecule has 2 aromatic rings. The van der Waals surface area contributed by atoms with Gasteiger partial charge in [-0.3, -0.25) is 0 Å². The summed E-state index contributed by atoms with van der Waals surface area (Å²) in [5, 5.41) is 3.66. The lowest BCUT2D eigenvalue weighted by atomic mass is 9.93. The van der Waals surface area contributed by atoms with Gasteiger partial charge in [0.1, 0.15) is 5.75 Å². The molecule has 1 aliphatic rings. The van der Waals surface area contributed by atoms with E-state index >= 15 is 0 Å². The van der Waals surface area contributed by atoms with Gasteiger partial charge in [0.25, 0.3) is 0 Å². The van der Waals surface area contributed by atoms with Crippen LogP contribution in [-0.2, 0) is 6.42 Å². The number of ether oxygens (including phenoxy) is 1. The van der Waals surface area contributed by atoms with Gasteiger partial charge in [0.2, 0.25) is 0 Å². The molecule has 20 heavy (non-hydrogen) atoms. The van der Waals surface area contributed by atoms with Crippen molar-refractivity contribution >= 4 is 44.2 Å². The van der Waals surface area contributed by atoms with Crippen LogP contribution in [0.4, 0.5) is 5.69 Å². The van der Waals surface area contributed by atoms with Crippen LogP contribution in [0, 0.1) is 3.57 Å². The van der Waals surface area contributed by atoms with E-state index in [0.29, 0.717) is 6.04 Å². The molecule has 1 aliphatic heterocycles. The van der Waals surface area contributed by atoms with Crippen molar-refractivity contribution in [3.8, 4) is 5.75 Å². The maximum absolute atomic E-state index is 5.22. The lowest BCUT2D eigenvalue weighted by Crippen LogP contribution is -2.18. The largest absolute Gasteiger partial charge is 0.497 e. The van der Waals surface area contributed by atoms with E-state index in [-0.39, 0.29) is 0 Å². The second kappa shape index (κ2) is 5.93. The van der Waals surface area contributed by atoms with Crippen LogP contribution in [0.25, 0.3) is 0 Å². The smallest absolute Gasteiger partial charge is 0.118 e. The van der Waals surface area contributed by atoms with Crippen LogP contribution in [0.5, 0.6) is 5.75 Å². The average molecular weight is 444 g/mol. The zero-order valence-corrected chi connectivity index (χ0v) is 14.9. The van der Waals surface area contributed by atoms with Crippen LogP contribution in [0.15, 0.2) is 40.9 Å². The maximum atomic E-state index is 5.22. The highest BCUT2D eigenvalue weighted by molar-refractivity contribution is 14.1. The zero-order chi connectivity index (χ0) is 14.1. The monoisotopic (exact) mass is 443 g/mol. The first-order valence-corrected chi connectivity index (χ1v) is 8.43. The van der Waals surface area contributed by atoms with Gasteiger partial charge < -0.3 is 10.1 Å². The van der Waals surface area contributed by atoms with Gasteiger partial charge in [0, 0.05) is 8.04 Å². The van der Waals surface area contributed by atoms with Crippen molar-refractivity contribution in [2.75, 3.05) is 12.4 Å². The van der Waals surface area contributed by atoms with Gasteiger partial charge in [-0.25, -0.2) is 0 Å². The average Bonchev–Trinajstić information content (AvgIpc) is 2.47. The Morgan fingerprint density at radius 2 is 2.00 bits per heavy atom. The van der Waals surface area contributed by atoms with Crippen molar-refractivity contribution in [2.45, 2.75) is 18.9 Å². The molecule has 0 spiro atoms. The van der Waals surface area contributed by atoms with E-state index in [0.717, 1.165) is 23.1 Å². The van der Waals surface area contributed by atoms with E-state index in [1.54, 1.807) is 7.11 Å². The molecular weight excluding hydrogens is 429 g/mol. The molecule has 104 valence electrons. The predicted octanol–water partition coefficient (Wildman–Crippen LogP) is 5.16. The number of halogens is 2. The highest BCUT2D eigenvalue weighted by Crippen LogP contribution is 2.38. The fourth-order valence-corrected chi connectivity index (χ4v) is 4.35. The van der Waals surface area contributed by atoms with E-state index in [4.69, 9.17) is 4.74 Å². The summed E-state index contributed by atoms with van der Waals surface area (Å²) < 4.78 is 7.64. The van der Waals surface area contributed by atoms with Gasteiger partial charge in [-0.1, -0.05) is 12.1 Å². The number of fused-ring (bicyclic) bond motifs is 1. The Hall–Kier alpha value is -0.750. The number of hydrogen-bond acceptors (Lipinski definition) is 2. The Kier molecular flexibility index (Phi) is 4.21. The topological polar surface area (TPSA) is 21.3 Å². The number of benzene rings is 2. The number of rotatable bonds is 2. The lowest BCUT2D eigenvalue weighted by molar-refractivity contribution is 0.414. The quantitative estimate of drug-likeness (QED) is 0.647. The number of hydrogen-bond donors (Lipinski definition) is 1. The van der Waals surface area contributed by atoms with Crippen molar-refractivity contribution in [3.63, 3.8) is 0 Å². The fourth-order valence-electron chi connectivity index (χ4n) is 2.62. The summed E-state index contributed by atoms with van der Waals surface area (Å²) in [6.07, 6.45) is 2.22. The molecule has 1 atom stereocenters. The van der Waals surface area contributed by atoms with Crippen molar-refractivity contribution in [2.24, 2.45) is 0 Å². The highest BCUT2D eigenvalue weighted by atomic mass is 127. The van der Waals surface area contributed by atoms with Gasteiger partial charge >= 0.3 is 0 Å². The third-order valence-corrected chi connectivity index (χ3v) is 4.92. The fraction of sp³-hybridized carbons (Fsp3) is 0.250. The zero-order valence-electron chi connectivity index (χ0n) is 11.1. The van der Waals surface area contributed by atoms with Crippen molar-refractivity contribution in [3.05, 3.63) is 55.6 Å². The minimum Gasteiger partial charge on any atom is -0.497 e. The van der Waals surface area contributed by atoms with Gasteiger partial charge in [0.15, 0.2) is 0 Å². The molecule has 0 saturated carbocycles. The van der Waals surface area contributed by atoms with Crippen LogP contribution in [0.3, 0.4) is 0 Å². The molecule has 0 bridgehead atoms. The van der Waals surface area contributed by atoms with E-state index < -0.39 is 0 Å². The molecule has 1 unspecified atom stereocenters. The summed E-state index contributed by atoms with van der Waals surface area (Å²) in [6, 6.07) is 13.1. The molecule has 0 saturated heterocycles. The van der Waals surface area contributed by atoms with Crippen LogP contribution in [0.2, 0.25) is 0 Å². The number of methoxy groups -OCH3 is 1. The van der Waals surface area contributed by atoms with Crippen LogP contribution >= 0.6 is 38.5 Å². The summed E-state index contributed by atoms with van der Waals surface area (Å²) in [7, 11) is 1.70. The SMILES string of the molecule is COc1ccc(C2CCc3cc(I)cc(Br)c3N2)cc1. The summed E-state index contributed by atoms with van der Waals surface area (Å²) >= 11 is 6.03. The lowest BCUT2D eigenvalue weighted by Gasteiger charge is -2.28. The first kappa shape index (κ1) is 14.2. The number of anilines is 1. The van der Waals surface area contributed by atoms with E-state index in [9.17, 15) is 0 Å². The van der Waals surface area contributed by atoms with Crippen molar-refractivity contribution < 1.29 is 4.74 Å². The second-order valence-electron chi connectivity index (χ2n) is 4.93. The van der Waals surface area contributed by atoms with Crippen LogP contribution in [-0.4, -0.2) is 7.11 Å². The second-order valence-corrected chi connectivity index (χ2v) is 7.03.